The zero-order valence-electron chi connectivity index (χ0n) is 35.1. The highest BCUT2D eigenvalue weighted by Crippen LogP contribution is 2.38. The summed E-state index contributed by atoms with van der Waals surface area (Å²) >= 11 is 0. The van der Waals surface area contributed by atoms with Crippen LogP contribution in [0.2, 0.25) is 0 Å². The number of aliphatic hydroxyl groups excluding tert-OH is 1. The zero-order valence-corrected chi connectivity index (χ0v) is 35.1. The first-order valence-corrected chi connectivity index (χ1v) is 20.5. The highest BCUT2D eigenvalue weighted by molar-refractivity contribution is 6.00. The lowest BCUT2D eigenvalue weighted by molar-refractivity contribution is -0.288. The van der Waals surface area contributed by atoms with Gasteiger partial charge in [0.15, 0.2) is 17.7 Å². The van der Waals surface area contributed by atoms with Crippen molar-refractivity contribution in [2.24, 2.45) is 35.1 Å². The Morgan fingerprint density at radius 2 is 1.88 bits per heavy atom. The number of esters is 1. The number of allylic oxidation sites excluding steroid dienone is 4. The van der Waals surface area contributed by atoms with Crippen LogP contribution in [-0.2, 0) is 33.3 Å². The first kappa shape index (κ1) is 45.6. The van der Waals surface area contributed by atoms with E-state index in [-0.39, 0.29) is 12.0 Å². The van der Waals surface area contributed by atoms with Gasteiger partial charge in [-0.3, -0.25) is 14.5 Å². The van der Waals surface area contributed by atoms with Crippen LogP contribution < -0.4 is 22.6 Å². The summed E-state index contributed by atoms with van der Waals surface area (Å²) in [5.41, 5.74) is 13.0. The Morgan fingerprint density at radius 1 is 1.16 bits per heavy atom. The maximum atomic E-state index is 14.2. The van der Waals surface area contributed by atoms with Gasteiger partial charge in [-0.2, -0.15) is 0 Å². The number of aliphatic hydroxyl groups is 1. The van der Waals surface area contributed by atoms with E-state index in [9.17, 15) is 19.5 Å². The van der Waals surface area contributed by atoms with Gasteiger partial charge in [-0.1, -0.05) is 26.8 Å². The van der Waals surface area contributed by atoms with Crippen LogP contribution in [0.4, 0.5) is 4.79 Å². The fourth-order valence-electron chi connectivity index (χ4n) is 8.79. The van der Waals surface area contributed by atoms with Gasteiger partial charge in [0.25, 0.3) is 0 Å². The van der Waals surface area contributed by atoms with Gasteiger partial charge >= 0.3 is 12.1 Å². The lowest BCUT2D eigenvalue weighted by Crippen LogP contribution is -2.58. The van der Waals surface area contributed by atoms with Gasteiger partial charge in [-0.15, -0.1) is 0 Å². The number of rotatable bonds is 11. The Hall–Kier alpha value is -3.05. The smallest absolute Gasteiger partial charge is 0.410 e. The Morgan fingerprint density at radius 3 is 2.54 bits per heavy atom. The zero-order chi connectivity index (χ0) is 41.5. The molecule has 1 amide bonds. The molecule has 15 heteroatoms. The minimum absolute atomic E-state index is 0.00394. The van der Waals surface area contributed by atoms with Gasteiger partial charge in [0.2, 0.25) is 0 Å². The molecule has 0 radical (unpaired) electrons. The van der Waals surface area contributed by atoms with Crippen LogP contribution in [0.5, 0.6) is 0 Å². The second-order valence-corrected chi connectivity index (χ2v) is 16.9. The van der Waals surface area contributed by atoms with Crippen molar-refractivity contribution in [2.75, 3.05) is 33.3 Å². The van der Waals surface area contributed by atoms with Gasteiger partial charge in [-0.05, 0) is 109 Å². The minimum atomic E-state index is -1.20. The maximum absolute atomic E-state index is 14.2. The number of carbonyl (C=O) groups excluding carboxylic acids is 3. The van der Waals surface area contributed by atoms with Crippen molar-refractivity contribution in [3.8, 4) is 0 Å². The van der Waals surface area contributed by atoms with E-state index in [1.165, 1.54) is 12.5 Å². The highest BCUT2D eigenvalue weighted by atomic mass is 16.7. The summed E-state index contributed by atoms with van der Waals surface area (Å²) in [5, 5.41) is 16.2. The monoisotopic (exact) mass is 791 g/mol. The highest BCUT2D eigenvalue weighted by Gasteiger charge is 2.57. The molecule has 15 nitrogen and oxygen atoms in total. The molecule has 0 aromatic heterocycles. The molecule has 4 aliphatic rings. The standard InChI is InChI=1S/C41H70N6O9/c1-10-33-41(8)32(47(39(51)56-41)17-12-11-16-46(44)23-25(3)29-14-13-15-30(42)19-29)22-45-21-24(2)20-40(7,52-9)36(27(5)34(48)28(6)37(50)54-33)55-38-35(49)31(43)18-26(4)53-38/h15,19,23-24,26-28,31-33,35-36,38,45,49H,10-14,16-18,20-22,42-44H2,1-9H3/b25-23+/t24-,26-,27+,28-,31?,32-,33-,35?,36-,38+,40-,41+/m1/s1. The molecule has 1 aliphatic carbocycles. The second-order valence-electron chi connectivity index (χ2n) is 16.9. The third-order valence-electron chi connectivity index (χ3n) is 12.2. The van der Waals surface area contributed by atoms with Gasteiger partial charge in [0, 0.05) is 50.6 Å². The number of fused-ring (bicyclic) bond motifs is 1. The van der Waals surface area contributed by atoms with E-state index in [1.54, 1.807) is 30.9 Å². The molecule has 8 N–H and O–H groups in total. The van der Waals surface area contributed by atoms with E-state index in [0.717, 1.165) is 30.5 Å². The maximum Gasteiger partial charge on any atom is 0.410 e. The van der Waals surface area contributed by atoms with E-state index in [2.05, 4.69) is 12.2 Å². The number of unbranched alkanes of at least 4 members (excludes halogenated alkanes) is 1. The molecule has 3 heterocycles. The van der Waals surface area contributed by atoms with Crippen LogP contribution in [0.25, 0.3) is 0 Å². The predicted molar refractivity (Wildman–Crippen MR) is 212 cm³/mol. The van der Waals surface area contributed by atoms with Gasteiger partial charge in [-0.25, -0.2) is 10.6 Å². The fourth-order valence-corrected chi connectivity index (χ4v) is 8.79. The molecule has 3 saturated heterocycles. The number of ketones is 1. The molecule has 12 atom stereocenters. The number of methoxy groups -OCH3 is 1. The first-order chi connectivity index (χ1) is 26.3. The van der Waals surface area contributed by atoms with Crippen LogP contribution in [0.1, 0.15) is 100 Å². The molecular weight excluding hydrogens is 720 g/mol. The van der Waals surface area contributed by atoms with Gasteiger partial charge in [0.05, 0.1) is 23.9 Å². The topological polar surface area (TPSA) is 214 Å². The lowest BCUT2D eigenvalue weighted by Gasteiger charge is -2.45. The summed E-state index contributed by atoms with van der Waals surface area (Å²) in [6.07, 6.45) is 5.65. The van der Waals surface area contributed by atoms with Gasteiger partial charge in [0.1, 0.15) is 18.1 Å². The number of nitrogens with one attached hydrogen (secondary N) is 1. The van der Waals surface area contributed by atoms with Crippen LogP contribution in [0.3, 0.4) is 0 Å². The molecule has 0 saturated carbocycles. The molecule has 318 valence electrons. The van der Waals surface area contributed by atoms with Crippen LogP contribution >= 0.6 is 0 Å². The number of nitrogens with two attached hydrogens (primary N) is 3. The molecule has 0 aromatic carbocycles. The second kappa shape index (κ2) is 19.6. The molecule has 0 spiro atoms. The number of Topliss-reactive ketones (excluding diaryl/α,β-unsaturated/α-hetero) is 1. The lowest BCUT2D eigenvalue weighted by atomic mass is 9.78. The van der Waals surface area contributed by atoms with E-state index >= 15 is 0 Å². The quantitative estimate of drug-likeness (QED) is 0.0668. The molecule has 0 aromatic rings. The Kier molecular flexibility index (Phi) is 16.0. The van der Waals surface area contributed by atoms with Gasteiger partial charge < -0.3 is 50.6 Å². The summed E-state index contributed by atoms with van der Waals surface area (Å²) in [5.74, 6) is 3.15. The summed E-state index contributed by atoms with van der Waals surface area (Å²) < 4.78 is 30.9. The fraction of sp³-hybridized carbons (Fsp3) is 0.780. The Bertz CT molecular complexity index is 1470. The van der Waals surface area contributed by atoms with Crippen molar-refractivity contribution in [3.63, 3.8) is 0 Å². The SMILES string of the molecule is CC[C@H]1OC(=O)[C@H](C)C(=O)[C@H](C)[C@@H](O[C@@H]2O[C@H](C)CC(N)C2O)[C@](C)(OC)C[C@@H](C)CNC[C@H]2N(CCCCN(N)/C=C(\C)C3=CC(N)=CCC3)C(=O)O[C@]12C. The van der Waals surface area contributed by atoms with Crippen LogP contribution in [0, 0.1) is 17.8 Å². The number of ether oxygens (including phenoxy) is 5. The number of hydrazine groups is 1. The van der Waals surface area contributed by atoms with Crippen molar-refractivity contribution < 1.29 is 43.2 Å². The van der Waals surface area contributed by atoms with Crippen molar-refractivity contribution in [1.82, 2.24) is 15.2 Å². The third-order valence-corrected chi connectivity index (χ3v) is 12.2. The van der Waals surface area contributed by atoms with Crippen molar-refractivity contribution >= 4 is 17.8 Å². The van der Waals surface area contributed by atoms with E-state index in [4.69, 9.17) is 41.0 Å². The van der Waals surface area contributed by atoms with Crippen LogP contribution in [-0.4, -0.2) is 120 Å². The summed E-state index contributed by atoms with van der Waals surface area (Å²) in [6, 6.07) is -1.06. The predicted octanol–water partition coefficient (Wildman–Crippen LogP) is 3.39. The minimum Gasteiger partial charge on any atom is -0.458 e. The van der Waals surface area contributed by atoms with Crippen molar-refractivity contribution in [3.05, 3.63) is 35.2 Å². The summed E-state index contributed by atoms with van der Waals surface area (Å²) in [4.78, 5) is 43.4. The number of hydrogen-bond acceptors (Lipinski definition) is 14. The number of hydrogen-bond donors (Lipinski definition) is 5. The largest absolute Gasteiger partial charge is 0.458 e. The van der Waals surface area contributed by atoms with E-state index in [1.807, 2.05) is 46.0 Å². The third kappa shape index (κ3) is 10.7. The summed E-state index contributed by atoms with van der Waals surface area (Å²) in [7, 11) is 1.56. The molecule has 56 heavy (non-hydrogen) atoms. The number of nitrogens with zero attached hydrogens (tertiary/aromatic N) is 2. The normalized spacial score (nSPS) is 38.1. The molecule has 0 bridgehead atoms. The van der Waals surface area contributed by atoms with Crippen LogP contribution in [0.15, 0.2) is 35.2 Å². The Balaban J connectivity index is 1.54. The summed E-state index contributed by atoms with van der Waals surface area (Å²) in [6.45, 7) is 16.6. The molecular formula is C41H70N6O9. The first-order valence-electron chi connectivity index (χ1n) is 20.5. The average Bonchev–Trinajstić information content (AvgIpc) is 3.39. The molecule has 4 rings (SSSR count). The van der Waals surface area contributed by atoms with Crippen molar-refractivity contribution in [2.45, 2.75) is 154 Å². The number of carbonyl (C=O) groups is 3. The number of cyclic esters (lactones) is 1. The van der Waals surface area contributed by atoms with E-state index < -0.39 is 77.6 Å². The Labute approximate surface area is 333 Å². The molecule has 2 unspecified atom stereocenters. The molecule has 3 fully saturated rings. The van der Waals surface area contributed by atoms with E-state index in [0.29, 0.717) is 51.9 Å². The molecule has 3 aliphatic heterocycles. The van der Waals surface area contributed by atoms with Crippen molar-refractivity contribution in [1.29, 1.82) is 0 Å². The average molecular weight is 791 g/mol. The number of amides is 1.